The Morgan fingerprint density at radius 3 is 2.91 bits per heavy atom. The average molecular weight is 300 g/mol. The molecule has 22 heavy (non-hydrogen) atoms. The van der Waals surface area contributed by atoms with Crippen LogP contribution in [0.4, 0.5) is 5.69 Å². The monoisotopic (exact) mass is 300 g/mol. The molecule has 0 aliphatic carbocycles. The van der Waals surface area contributed by atoms with Crippen LogP contribution in [-0.2, 0) is 13.6 Å². The molecule has 0 bridgehead atoms. The van der Waals surface area contributed by atoms with Gasteiger partial charge in [-0.15, -0.1) is 5.10 Å². The zero-order chi connectivity index (χ0) is 15.5. The summed E-state index contributed by atoms with van der Waals surface area (Å²) in [6.07, 6.45) is 1.13. The molecule has 1 N–H and O–H groups in total. The number of aryl methyl sites for hydroxylation is 1. The Labute approximate surface area is 127 Å². The summed E-state index contributed by atoms with van der Waals surface area (Å²) in [5.74, 6) is 0.374. The molecule has 2 aromatic rings. The minimum absolute atomic E-state index is 0.269. The van der Waals surface area contributed by atoms with Gasteiger partial charge in [-0.3, -0.25) is 4.79 Å². The first-order valence-corrected chi connectivity index (χ1v) is 6.91. The predicted molar refractivity (Wildman–Crippen MR) is 81.8 cm³/mol. The van der Waals surface area contributed by atoms with E-state index in [0.29, 0.717) is 31.3 Å². The number of rotatable bonds is 3. The summed E-state index contributed by atoms with van der Waals surface area (Å²) in [6, 6.07) is 9.93. The number of aromatic nitrogens is 2. The molecule has 0 saturated heterocycles. The van der Waals surface area contributed by atoms with Crippen molar-refractivity contribution in [3.63, 3.8) is 0 Å². The van der Waals surface area contributed by atoms with Gasteiger partial charge in [0.25, 0.3) is 11.4 Å². The molecule has 7 heteroatoms. The topological polar surface area (TPSA) is 79.9 Å². The number of oxime groups is 1. The van der Waals surface area contributed by atoms with Gasteiger partial charge in [-0.05, 0) is 5.56 Å². The van der Waals surface area contributed by atoms with Gasteiger partial charge in [-0.25, -0.2) is 4.68 Å². The van der Waals surface area contributed by atoms with E-state index in [1.807, 2.05) is 35.2 Å². The molecule has 2 heterocycles. The number of nitrogens with zero attached hydrogens (tertiary/aromatic N) is 4. The maximum absolute atomic E-state index is 12.2. The molecule has 0 radical (unpaired) electrons. The first-order valence-electron chi connectivity index (χ1n) is 6.91. The Hall–Kier alpha value is -2.83. The molecule has 0 atom stereocenters. The van der Waals surface area contributed by atoms with Crippen LogP contribution in [0.3, 0.4) is 0 Å². The van der Waals surface area contributed by atoms with Gasteiger partial charge in [-0.1, -0.05) is 35.5 Å². The standard InChI is InChI=1S/C15H16N4O3/c1-18-15(20)12(9-16-21)13-14(17-18)22-8-7-19(13)10-11-5-3-2-4-6-11/h2-6,9,21H,7-8,10H2,1H3/b16-9+. The van der Waals surface area contributed by atoms with Crippen LogP contribution in [0.5, 0.6) is 5.88 Å². The lowest BCUT2D eigenvalue weighted by Gasteiger charge is -2.31. The van der Waals surface area contributed by atoms with E-state index in [9.17, 15) is 4.79 Å². The normalized spacial score (nSPS) is 14.0. The smallest absolute Gasteiger partial charge is 0.277 e. The summed E-state index contributed by atoms with van der Waals surface area (Å²) in [6.45, 7) is 1.74. The van der Waals surface area contributed by atoms with Crippen molar-refractivity contribution < 1.29 is 9.94 Å². The Morgan fingerprint density at radius 2 is 2.18 bits per heavy atom. The summed E-state index contributed by atoms with van der Waals surface area (Å²) >= 11 is 0. The first-order chi connectivity index (χ1) is 10.7. The number of hydrogen-bond acceptors (Lipinski definition) is 6. The minimum atomic E-state index is -0.333. The van der Waals surface area contributed by atoms with E-state index in [-0.39, 0.29) is 11.1 Å². The molecule has 1 aliphatic rings. The van der Waals surface area contributed by atoms with E-state index < -0.39 is 0 Å². The van der Waals surface area contributed by atoms with Gasteiger partial charge in [0.15, 0.2) is 0 Å². The van der Waals surface area contributed by atoms with E-state index in [0.717, 1.165) is 11.8 Å². The molecular formula is C15H16N4O3. The third-order valence-electron chi connectivity index (χ3n) is 3.54. The highest BCUT2D eigenvalue weighted by Gasteiger charge is 2.26. The van der Waals surface area contributed by atoms with Crippen LogP contribution in [0.2, 0.25) is 0 Å². The second kappa shape index (κ2) is 5.88. The largest absolute Gasteiger partial charge is 0.473 e. The van der Waals surface area contributed by atoms with Crippen LogP contribution in [0.1, 0.15) is 11.1 Å². The first kappa shape index (κ1) is 14.1. The van der Waals surface area contributed by atoms with Crippen molar-refractivity contribution in [2.24, 2.45) is 12.2 Å². The van der Waals surface area contributed by atoms with Gasteiger partial charge in [-0.2, -0.15) is 0 Å². The van der Waals surface area contributed by atoms with Crippen LogP contribution in [0.15, 0.2) is 40.3 Å². The highest BCUT2D eigenvalue weighted by molar-refractivity contribution is 5.89. The highest BCUT2D eigenvalue weighted by Crippen LogP contribution is 2.31. The Bertz CT molecular complexity index is 755. The van der Waals surface area contributed by atoms with Crippen molar-refractivity contribution in [1.29, 1.82) is 0 Å². The molecule has 1 aromatic heterocycles. The van der Waals surface area contributed by atoms with Gasteiger partial charge in [0.2, 0.25) is 0 Å². The van der Waals surface area contributed by atoms with Crippen LogP contribution in [-0.4, -0.2) is 34.4 Å². The molecule has 0 amide bonds. The zero-order valence-corrected chi connectivity index (χ0v) is 12.1. The van der Waals surface area contributed by atoms with E-state index in [1.54, 1.807) is 0 Å². The van der Waals surface area contributed by atoms with Crippen LogP contribution >= 0.6 is 0 Å². The maximum Gasteiger partial charge on any atom is 0.277 e. The minimum Gasteiger partial charge on any atom is -0.473 e. The number of ether oxygens (including phenoxy) is 1. The third kappa shape index (κ3) is 2.52. The van der Waals surface area contributed by atoms with Crippen molar-refractivity contribution in [1.82, 2.24) is 9.78 Å². The fourth-order valence-corrected chi connectivity index (χ4v) is 2.52. The highest BCUT2D eigenvalue weighted by atomic mass is 16.5. The summed E-state index contributed by atoms with van der Waals surface area (Å²) in [7, 11) is 1.54. The molecule has 0 spiro atoms. The van der Waals surface area contributed by atoms with E-state index in [4.69, 9.17) is 9.94 Å². The maximum atomic E-state index is 12.2. The molecule has 0 fully saturated rings. The summed E-state index contributed by atoms with van der Waals surface area (Å²) in [5, 5.41) is 16.0. The van der Waals surface area contributed by atoms with Crippen LogP contribution < -0.4 is 15.2 Å². The summed E-state index contributed by atoms with van der Waals surface area (Å²) in [5.41, 5.74) is 1.62. The van der Waals surface area contributed by atoms with Gasteiger partial charge in [0.1, 0.15) is 12.3 Å². The number of fused-ring (bicyclic) bond motifs is 1. The molecule has 114 valence electrons. The lowest BCUT2D eigenvalue weighted by atomic mass is 10.1. The molecule has 0 saturated carbocycles. The zero-order valence-electron chi connectivity index (χ0n) is 12.1. The second-order valence-electron chi connectivity index (χ2n) is 5.00. The molecule has 7 nitrogen and oxygen atoms in total. The molecular weight excluding hydrogens is 284 g/mol. The second-order valence-corrected chi connectivity index (χ2v) is 5.00. The fourth-order valence-electron chi connectivity index (χ4n) is 2.52. The van der Waals surface area contributed by atoms with Gasteiger partial charge >= 0.3 is 0 Å². The predicted octanol–water partition coefficient (Wildman–Crippen LogP) is 0.987. The van der Waals surface area contributed by atoms with Crippen LogP contribution in [0, 0.1) is 0 Å². The molecule has 1 aromatic carbocycles. The number of benzene rings is 1. The Balaban J connectivity index is 2.08. The Kier molecular flexibility index (Phi) is 3.78. The number of hydrogen-bond donors (Lipinski definition) is 1. The Morgan fingerprint density at radius 1 is 1.41 bits per heavy atom. The summed E-state index contributed by atoms with van der Waals surface area (Å²) in [4.78, 5) is 14.3. The molecule has 1 aliphatic heterocycles. The molecule has 3 rings (SSSR count). The lowest BCUT2D eigenvalue weighted by Crippen LogP contribution is -2.37. The van der Waals surface area contributed by atoms with Crippen LogP contribution in [0.25, 0.3) is 0 Å². The van der Waals surface area contributed by atoms with E-state index in [2.05, 4.69) is 10.3 Å². The SMILES string of the molecule is Cn1nc2c(c(/C=N/O)c1=O)N(Cc1ccccc1)CCO2. The van der Waals surface area contributed by atoms with Gasteiger partial charge in [0, 0.05) is 13.6 Å². The van der Waals surface area contributed by atoms with E-state index >= 15 is 0 Å². The third-order valence-corrected chi connectivity index (χ3v) is 3.54. The fraction of sp³-hybridized carbons (Fsp3) is 0.267. The van der Waals surface area contributed by atoms with E-state index in [1.165, 1.54) is 11.7 Å². The van der Waals surface area contributed by atoms with Crippen molar-refractivity contribution in [2.75, 3.05) is 18.1 Å². The number of anilines is 1. The molecule has 0 unspecified atom stereocenters. The summed E-state index contributed by atoms with van der Waals surface area (Å²) < 4.78 is 6.74. The lowest BCUT2D eigenvalue weighted by molar-refractivity contribution is 0.285. The van der Waals surface area contributed by atoms with Crippen molar-refractivity contribution in [3.05, 3.63) is 51.8 Å². The van der Waals surface area contributed by atoms with Gasteiger partial charge < -0.3 is 14.8 Å². The quantitative estimate of drug-likeness (QED) is 0.519. The van der Waals surface area contributed by atoms with Gasteiger partial charge in [0.05, 0.1) is 18.3 Å². The van der Waals surface area contributed by atoms with Crippen molar-refractivity contribution >= 4 is 11.9 Å². The average Bonchev–Trinajstić information content (AvgIpc) is 2.53. The van der Waals surface area contributed by atoms with Crippen molar-refractivity contribution in [3.8, 4) is 5.88 Å². The van der Waals surface area contributed by atoms with Crippen molar-refractivity contribution in [2.45, 2.75) is 6.54 Å².